The van der Waals surface area contributed by atoms with E-state index in [0.717, 1.165) is 57.3 Å². The minimum absolute atomic E-state index is 0.306. The summed E-state index contributed by atoms with van der Waals surface area (Å²) in [5.74, 6) is 1.88. The Balaban J connectivity index is 1.70. The van der Waals surface area contributed by atoms with E-state index in [9.17, 15) is 4.79 Å². The molecule has 1 aromatic heterocycles. The monoisotopic (exact) mass is 513 g/mol. The van der Waals surface area contributed by atoms with Gasteiger partial charge >= 0.3 is 5.97 Å². The molecule has 0 spiro atoms. The SMILES string of the molecule is CCOC(=O)c1c(-c2ccccc2SCc2ccccc2)c(C)n2c1-c1cc(OC)c(OC)cc1CC2. The topological polar surface area (TPSA) is 49.7 Å². The lowest BCUT2D eigenvalue weighted by atomic mass is 9.93. The number of hydrogen-bond donors (Lipinski definition) is 0. The Labute approximate surface area is 222 Å². The van der Waals surface area contributed by atoms with Gasteiger partial charge in [0.15, 0.2) is 11.5 Å². The zero-order chi connectivity index (χ0) is 25.9. The normalized spacial score (nSPS) is 12.0. The van der Waals surface area contributed by atoms with Crippen molar-refractivity contribution in [1.82, 2.24) is 4.57 Å². The van der Waals surface area contributed by atoms with Crippen LogP contribution in [-0.2, 0) is 23.5 Å². The third-order valence-electron chi connectivity index (χ3n) is 6.87. The Kier molecular flexibility index (Phi) is 7.28. The van der Waals surface area contributed by atoms with E-state index in [-0.39, 0.29) is 5.97 Å². The number of aromatic nitrogens is 1. The molecule has 1 aliphatic rings. The van der Waals surface area contributed by atoms with Gasteiger partial charge in [-0.2, -0.15) is 0 Å². The highest BCUT2D eigenvalue weighted by Crippen LogP contribution is 2.47. The van der Waals surface area contributed by atoms with E-state index in [4.69, 9.17) is 14.2 Å². The molecule has 37 heavy (non-hydrogen) atoms. The number of methoxy groups -OCH3 is 2. The van der Waals surface area contributed by atoms with Gasteiger partial charge in [0.1, 0.15) is 0 Å². The average Bonchev–Trinajstić information content (AvgIpc) is 3.24. The Morgan fingerprint density at radius 3 is 2.38 bits per heavy atom. The van der Waals surface area contributed by atoms with Crippen molar-refractivity contribution >= 4 is 17.7 Å². The predicted molar refractivity (Wildman–Crippen MR) is 149 cm³/mol. The second-order valence-corrected chi connectivity index (χ2v) is 9.96. The average molecular weight is 514 g/mol. The lowest BCUT2D eigenvalue weighted by Crippen LogP contribution is -2.15. The van der Waals surface area contributed by atoms with Crippen LogP contribution in [0.1, 0.15) is 34.1 Å². The highest BCUT2D eigenvalue weighted by molar-refractivity contribution is 7.98. The van der Waals surface area contributed by atoms with E-state index >= 15 is 0 Å². The van der Waals surface area contributed by atoms with Crippen LogP contribution in [0.5, 0.6) is 11.5 Å². The van der Waals surface area contributed by atoms with E-state index in [1.54, 1.807) is 26.0 Å². The quantitative estimate of drug-likeness (QED) is 0.185. The summed E-state index contributed by atoms with van der Waals surface area (Å²) in [5.41, 5.74) is 7.92. The van der Waals surface area contributed by atoms with Crippen LogP contribution in [0.15, 0.2) is 71.6 Å². The first kappa shape index (κ1) is 25.0. The fraction of sp³-hybridized carbons (Fsp3) is 0.258. The molecule has 0 aliphatic carbocycles. The zero-order valence-electron chi connectivity index (χ0n) is 21.7. The number of rotatable bonds is 8. The molecule has 5 nitrogen and oxygen atoms in total. The molecule has 5 rings (SSSR count). The first-order chi connectivity index (χ1) is 18.1. The highest BCUT2D eigenvalue weighted by atomic mass is 32.2. The summed E-state index contributed by atoms with van der Waals surface area (Å²) in [6.07, 6.45) is 0.838. The van der Waals surface area contributed by atoms with Crippen LogP contribution in [-0.4, -0.2) is 31.4 Å². The molecule has 0 radical (unpaired) electrons. The molecule has 1 aliphatic heterocycles. The minimum Gasteiger partial charge on any atom is -0.493 e. The summed E-state index contributed by atoms with van der Waals surface area (Å²) in [6.45, 7) is 5.03. The maximum atomic E-state index is 13.6. The molecule has 0 N–H and O–H groups in total. The molecule has 190 valence electrons. The molecule has 6 heteroatoms. The van der Waals surface area contributed by atoms with Gasteiger partial charge in [-0.1, -0.05) is 48.5 Å². The van der Waals surface area contributed by atoms with Gasteiger partial charge in [0.25, 0.3) is 0 Å². The molecule has 0 unspecified atom stereocenters. The van der Waals surface area contributed by atoms with E-state index in [1.165, 1.54) is 5.56 Å². The van der Waals surface area contributed by atoms with Gasteiger partial charge in [0, 0.05) is 34.0 Å². The van der Waals surface area contributed by atoms with E-state index in [2.05, 4.69) is 54.0 Å². The third-order valence-corrected chi connectivity index (χ3v) is 8.01. The molecule has 0 atom stereocenters. The van der Waals surface area contributed by atoms with Gasteiger partial charge in [-0.3, -0.25) is 0 Å². The molecular weight excluding hydrogens is 482 g/mol. The van der Waals surface area contributed by atoms with Gasteiger partial charge in [-0.25, -0.2) is 4.79 Å². The first-order valence-corrected chi connectivity index (χ1v) is 13.5. The molecule has 0 amide bonds. The standard InChI is InChI=1S/C31H31NO4S/c1-5-36-31(33)29-28(23-13-9-10-14-27(23)37-19-21-11-7-6-8-12-21)20(2)32-16-15-22-17-25(34-3)26(35-4)18-24(22)30(29)32/h6-14,17-18H,5,15-16,19H2,1-4H3. The number of nitrogens with zero attached hydrogens (tertiary/aromatic N) is 1. The number of fused-ring (bicyclic) bond motifs is 3. The number of thioether (sulfide) groups is 1. The molecule has 0 fully saturated rings. The van der Waals surface area contributed by atoms with Crippen LogP contribution < -0.4 is 9.47 Å². The Bertz CT molecular complexity index is 1440. The largest absolute Gasteiger partial charge is 0.493 e. The van der Waals surface area contributed by atoms with Gasteiger partial charge in [0.2, 0.25) is 0 Å². The van der Waals surface area contributed by atoms with Gasteiger partial charge in [-0.05, 0) is 55.2 Å². The van der Waals surface area contributed by atoms with E-state index in [0.29, 0.717) is 23.7 Å². The van der Waals surface area contributed by atoms with Crippen molar-refractivity contribution in [2.24, 2.45) is 0 Å². The minimum atomic E-state index is -0.306. The Hall–Kier alpha value is -3.64. The molecule has 4 aromatic rings. The fourth-order valence-electron chi connectivity index (χ4n) is 5.14. The van der Waals surface area contributed by atoms with Crippen LogP contribution in [0.2, 0.25) is 0 Å². The molecule has 0 saturated carbocycles. The summed E-state index contributed by atoms with van der Waals surface area (Å²) in [4.78, 5) is 14.7. The number of aryl methyl sites for hydroxylation is 1. The number of hydrogen-bond acceptors (Lipinski definition) is 5. The van der Waals surface area contributed by atoms with E-state index in [1.807, 2.05) is 31.2 Å². The zero-order valence-corrected chi connectivity index (χ0v) is 22.5. The van der Waals surface area contributed by atoms with Crippen molar-refractivity contribution in [1.29, 1.82) is 0 Å². The molecular formula is C31H31NO4S. The lowest BCUT2D eigenvalue weighted by molar-refractivity contribution is 0.0528. The molecule has 0 bridgehead atoms. The van der Waals surface area contributed by atoms with Crippen LogP contribution in [0.3, 0.4) is 0 Å². The van der Waals surface area contributed by atoms with Gasteiger partial charge < -0.3 is 18.8 Å². The second kappa shape index (κ2) is 10.8. The van der Waals surface area contributed by atoms with Crippen molar-refractivity contribution in [2.75, 3.05) is 20.8 Å². The summed E-state index contributed by atoms with van der Waals surface area (Å²) in [7, 11) is 3.28. The lowest BCUT2D eigenvalue weighted by Gasteiger charge is -2.23. The highest BCUT2D eigenvalue weighted by Gasteiger charge is 2.33. The van der Waals surface area contributed by atoms with Crippen molar-refractivity contribution in [2.45, 2.75) is 37.5 Å². The van der Waals surface area contributed by atoms with E-state index < -0.39 is 0 Å². The van der Waals surface area contributed by atoms with Gasteiger partial charge in [0.05, 0.1) is 32.1 Å². The predicted octanol–water partition coefficient (Wildman–Crippen LogP) is 7.17. The number of carbonyl (C=O) groups is 1. The third kappa shape index (κ3) is 4.62. The van der Waals surface area contributed by atoms with Crippen LogP contribution in [0.25, 0.3) is 22.4 Å². The maximum Gasteiger partial charge on any atom is 0.340 e. The Morgan fingerprint density at radius 1 is 0.946 bits per heavy atom. The maximum absolute atomic E-state index is 13.6. The van der Waals surface area contributed by atoms with Crippen LogP contribution >= 0.6 is 11.8 Å². The number of benzene rings is 3. The molecule has 2 heterocycles. The molecule has 0 saturated heterocycles. The molecule has 3 aromatic carbocycles. The van der Waals surface area contributed by atoms with Crippen molar-refractivity contribution < 1.29 is 19.0 Å². The van der Waals surface area contributed by atoms with Crippen molar-refractivity contribution in [3.63, 3.8) is 0 Å². The first-order valence-electron chi connectivity index (χ1n) is 12.5. The summed E-state index contributed by atoms with van der Waals surface area (Å²) >= 11 is 1.78. The second-order valence-electron chi connectivity index (χ2n) is 8.94. The number of esters is 1. The van der Waals surface area contributed by atoms with Crippen LogP contribution in [0, 0.1) is 6.92 Å². The number of ether oxygens (including phenoxy) is 3. The van der Waals surface area contributed by atoms with Crippen molar-refractivity contribution in [3.05, 3.63) is 89.1 Å². The van der Waals surface area contributed by atoms with Gasteiger partial charge in [-0.15, -0.1) is 11.8 Å². The summed E-state index contributed by atoms with van der Waals surface area (Å²) in [5, 5.41) is 0. The smallest absolute Gasteiger partial charge is 0.340 e. The fourth-order valence-corrected chi connectivity index (χ4v) is 6.16. The number of carbonyl (C=O) groups excluding carboxylic acids is 1. The summed E-state index contributed by atoms with van der Waals surface area (Å²) < 4.78 is 19.1. The summed E-state index contributed by atoms with van der Waals surface area (Å²) in [6, 6.07) is 22.8. The van der Waals surface area contributed by atoms with Crippen molar-refractivity contribution in [3.8, 4) is 33.9 Å². The van der Waals surface area contributed by atoms with Crippen LogP contribution in [0.4, 0.5) is 0 Å². The Morgan fingerprint density at radius 2 is 1.65 bits per heavy atom.